The maximum Gasteiger partial charge on any atom is 0.471 e. The van der Waals surface area contributed by atoms with E-state index in [1.165, 1.54) is 6.08 Å². The van der Waals surface area contributed by atoms with Gasteiger partial charge in [-0.25, -0.2) is 0 Å². The predicted molar refractivity (Wildman–Crippen MR) is 107 cm³/mol. The Balaban J connectivity index is 2.11. The summed E-state index contributed by atoms with van der Waals surface area (Å²) in [5, 5.41) is 0.812. The maximum atomic E-state index is 13.1. The largest absolute Gasteiger partial charge is 0.471 e. The van der Waals surface area contributed by atoms with E-state index in [0.717, 1.165) is 27.0 Å². The zero-order valence-corrected chi connectivity index (χ0v) is 16.3. The van der Waals surface area contributed by atoms with Crippen LogP contribution in [0.5, 0.6) is 0 Å². The number of hydrogen-bond donors (Lipinski definition) is 0. The van der Waals surface area contributed by atoms with E-state index >= 15 is 0 Å². The zero-order chi connectivity index (χ0) is 21.2. The number of benzene rings is 2. The van der Waals surface area contributed by atoms with E-state index in [1.54, 1.807) is 6.07 Å². The van der Waals surface area contributed by atoms with E-state index in [4.69, 9.17) is 4.42 Å². The van der Waals surface area contributed by atoms with Crippen molar-refractivity contribution in [2.45, 2.75) is 33.0 Å². The summed E-state index contributed by atoms with van der Waals surface area (Å²) >= 11 is 0. The number of nitrogens with zero attached hydrogens (tertiary/aromatic N) is 1. The molecule has 0 bridgehead atoms. The average Bonchev–Trinajstić information content (AvgIpc) is 3.01. The van der Waals surface area contributed by atoms with Crippen molar-refractivity contribution >= 4 is 16.9 Å². The van der Waals surface area contributed by atoms with Crippen LogP contribution >= 0.6 is 0 Å². The zero-order valence-electron chi connectivity index (χ0n) is 16.3. The molecule has 3 rings (SSSR count). The molecule has 1 heterocycles. The van der Waals surface area contributed by atoms with Crippen molar-refractivity contribution in [2.24, 2.45) is 0 Å². The number of halogens is 3. The van der Waals surface area contributed by atoms with Crippen LogP contribution in [0.3, 0.4) is 0 Å². The molecule has 0 saturated heterocycles. The van der Waals surface area contributed by atoms with Crippen LogP contribution in [0.15, 0.2) is 59.5 Å². The molecule has 0 fully saturated rings. The molecule has 0 aliphatic carbocycles. The van der Waals surface area contributed by atoms with Crippen LogP contribution in [0.2, 0.25) is 0 Å². The van der Waals surface area contributed by atoms with Gasteiger partial charge in [0.25, 0.3) is 0 Å². The van der Waals surface area contributed by atoms with Gasteiger partial charge in [-0.15, -0.1) is 6.58 Å². The van der Waals surface area contributed by atoms with E-state index in [0.29, 0.717) is 16.9 Å². The van der Waals surface area contributed by atoms with Crippen molar-refractivity contribution in [3.63, 3.8) is 0 Å². The Morgan fingerprint density at radius 2 is 1.76 bits per heavy atom. The molecular weight excluding hydrogens is 379 g/mol. The molecule has 152 valence electrons. The Bertz CT molecular complexity index is 1030. The van der Waals surface area contributed by atoms with E-state index in [-0.39, 0.29) is 19.5 Å². The lowest BCUT2D eigenvalue weighted by molar-refractivity contribution is -0.186. The second-order valence-electron chi connectivity index (χ2n) is 7.07. The first-order valence-electron chi connectivity index (χ1n) is 9.26. The Labute approximate surface area is 167 Å². The van der Waals surface area contributed by atoms with Crippen LogP contribution in [0.1, 0.15) is 23.3 Å². The number of hydrogen-bond acceptors (Lipinski definition) is 2. The van der Waals surface area contributed by atoms with Crippen molar-refractivity contribution in [1.82, 2.24) is 4.90 Å². The topological polar surface area (TPSA) is 33.5 Å². The van der Waals surface area contributed by atoms with Crippen LogP contribution in [0, 0.1) is 13.8 Å². The third-order valence-electron chi connectivity index (χ3n) is 4.72. The quantitative estimate of drug-likeness (QED) is 0.462. The molecule has 0 spiro atoms. The van der Waals surface area contributed by atoms with Crippen molar-refractivity contribution in [3.8, 4) is 11.1 Å². The first-order chi connectivity index (χ1) is 13.7. The minimum atomic E-state index is -4.95. The minimum absolute atomic E-state index is 0.0920. The molecule has 1 amide bonds. The Morgan fingerprint density at radius 3 is 2.38 bits per heavy atom. The highest BCUT2D eigenvalue weighted by Crippen LogP contribution is 2.37. The SMILES string of the molecule is C=CCCN(Cc1oc2ccc(C)cc2c1-c1ccc(C)cc1)C(=O)C(F)(F)F. The maximum absolute atomic E-state index is 13.1. The molecule has 0 aliphatic rings. The van der Waals surface area contributed by atoms with Crippen molar-refractivity contribution in [1.29, 1.82) is 0 Å². The number of furan rings is 1. The van der Waals surface area contributed by atoms with Gasteiger partial charge < -0.3 is 9.32 Å². The summed E-state index contributed by atoms with van der Waals surface area (Å²) in [4.78, 5) is 12.7. The van der Waals surface area contributed by atoms with Crippen LogP contribution < -0.4 is 0 Å². The lowest BCUT2D eigenvalue weighted by Crippen LogP contribution is -2.41. The standard InChI is InChI=1S/C23H22F3NO2/c1-4-5-12-27(22(28)23(24,25)26)14-20-21(17-9-6-15(2)7-10-17)18-13-16(3)8-11-19(18)29-20/h4,6-11,13H,1,5,12,14H2,2-3H3. The molecule has 0 unspecified atom stereocenters. The van der Waals surface area contributed by atoms with Gasteiger partial charge in [0, 0.05) is 17.5 Å². The van der Waals surface area contributed by atoms with Crippen molar-refractivity contribution in [3.05, 3.63) is 72.0 Å². The molecule has 0 aliphatic heterocycles. The van der Waals surface area contributed by atoms with Gasteiger partial charge >= 0.3 is 12.1 Å². The molecule has 0 atom stereocenters. The van der Waals surface area contributed by atoms with Crippen molar-refractivity contribution < 1.29 is 22.4 Å². The molecule has 2 aromatic carbocycles. The highest BCUT2D eigenvalue weighted by Gasteiger charge is 2.42. The molecule has 0 saturated carbocycles. The monoisotopic (exact) mass is 401 g/mol. The molecule has 3 nitrogen and oxygen atoms in total. The summed E-state index contributed by atoms with van der Waals surface area (Å²) in [6, 6.07) is 13.3. The number of carbonyl (C=O) groups is 1. The highest BCUT2D eigenvalue weighted by molar-refractivity contribution is 5.96. The predicted octanol–water partition coefficient (Wildman–Crippen LogP) is 6.18. The van der Waals surface area contributed by atoms with Gasteiger partial charge in [0.2, 0.25) is 0 Å². The van der Waals surface area contributed by atoms with Gasteiger partial charge in [-0.3, -0.25) is 4.79 Å². The fraction of sp³-hybridized carbons (Fsp3) is 0.261. The lowest BCUT2D eigenvalue weighted by Gasteiger charge is -2.22. The van der Waals surface area contributed by atoms with Crippen LogP contribution in [0.25, 0.3) is 22.1 Å². The fourth-order valence-corrected chi connectivity index (χ4v) is 3.26. The molecule has 1 aromatic heterocycles. The Kier molecular flexibility index (Phi) is 5.82. The smallest absolute Gasteiger partial charge is 0.459 e. The number of aryl methyl sites for hydroxylation is 2. The first-order valence-corrected chi connectivity index (χ1v) is 9.26. The molecule has 6 heteroatoms. The van der Waals surface area contributed by atoms with E-state index in [1.807, 2.05) is 50.2 Å². The minimum Gasteiger partial charge on any atom is -0.459 e. The average molecular weight is 401 g/mol. The van der Waals surface area contributed by atoms with Gasteiger partial charge in [0.15, 0.2) is 0 Å². The van der Waals surface area contributed by atoms with E-state index in [9.17, 15) is 18.0 Å². The van der Waals surface area contributed by atoms with Gasteiger partial charge in [-0.05, 0) is 38.0 Å². The summed E-state index contributed by atoms with van der Waals surface area (Å²) in [7, 11) is 0. The third kappa shape index (κ3) is 4.53. The second-order valence-corrected chi connectivity index (χ2v) is 7.07. The molecule has 0 radical (unpaired) electrons. The first kappa shape index (κ1) is 20.7. The van der Waals surface area contributed by atoms with Gasteiger partial charge in [0.1, 0.15) is 11.3 Å². The van der Waals surface area contributed by atoms with Crippen molar-refractivity contribution in [2.75, 3.05) is 6.54 Å². The number of amides is 1. The number of rotatable bonds is 6. The lowest BCUT2D eigenvalue weighted by atomic mass is 9.99. The van der Waals surface area contributed by atoms with Gasteiger partial charge in [-0.1, -0.05) is 47.5 Å². The van der Waals surface area contributed by atoms with Gasteiger partial charge in [-0.2, -0.15) is 13.2 Å². The van der Waals surface area contributed by atoms with Crippen LogP contribution in [0.4, 0.5) is 13.2 Å². The van der Waals surface area contributed by atoms with E-state index < -0.39 is 12.1 Å². The van der Waals surface area contributed by atoms with Crippen LogP contribution in [-0.4, -0.2) is 23.5 Å². The summed E-state index contributed by atoms with van der Waals surface area (Å²) in [5.41, 5.74) is 4.19. The summed E-state index contributed by atoms with van der Waals surface area (Å²) in [6.45, 7) is 7.07. The summed E-state index contributed by atoms with van der Waals surface area (Å²) < 4.78 is 45.2. The third-order valence-corrected chi connectivity index (χ3v) is 4.72. The normalized spacial score (nSPS) is 11.6. The molecule has 0 N–H and O–H groups in total. The number of alkyl halides is 3. The molecule has 29 heavy (non-hydrogen) atoms. The summed E-state index contributed by atoms with van der Waals surface area (Å²) in [6.07, 6.45) is -3.21. The highest BCUT2D eigenvalue weighted by atomic mass is 19.4. The van der Waals surface area contributed by atoms with Crippen LogP contribution in [-0.2, 0) is 11.3 Å². The Morgan fingerprint density at radius 1 is 1.10 bits per heavy atom. The molecular formula is C23H22F3NO2. The molecule has 3 aromatic rings. The number of carbonyl (C=O) groups excluding carboxylic acids is 1. The second kappa shape index (κ2) is 8.15. The fourth-order valence-electron chi connectivity index (χ4n) is 3.26. The Hall–Kier alpha value is -3.02. The van der Waals surface area contributed by atoms with E-state index in [2.05, 4.69) is 6.58 Å². The summed E-state index contributed by atoms with van der Waals surface area (Å²) in [5.74, 6) is -1.55. The number of fused-ring (bicyclic) bond motifs is 1. The van der Waals surface area contributed by atoms with Gasteiger partial charge in [0.05, 0.1) is 6.54 Å².